The summed E-state index contributed by atoms with van der Waals surface area (Å²) >= 11 is 0. The number of hydrogen-bond acceptors (Lipinski definition) is 4. The average molecular weight is 343 g/mol. The standard InChI is InChI=1S/C18H17NO4S/c1-12-3-6-14(7-4-12)24(21,22)19-16-8-5-13(23-2)11-15(16)17(20)18(19)9-10-18/h3-8,11H,9-10H2,1-2H3. The molecule has 0 bridgehead atoms. The molecule has 5 nitrogen and oxygen atoms in total. The van der Waals surface area contributed by atoms with Crippen molar-refractivity contribution in [2.24, 2.45) is 0 Å². The van der Waals surface area contributed by atoms with Crippen molar-refractivity contribution in [2.75, 3.05) is 11.4 Å². The summed E-state index contributed by atoms with van der Waals surface area (Å²) in [4.78, 5) is 13.0. The summed E-state index contributed by atoms with van der Waals surface area (Å²) in [5.41, 5.74) is 0.900. The molecule has 0 aromatic heterocycles. The number of Topliss-reactive ketones (excluding diaryl/α,β-unsaturated/α-hetero) is 1. The van der Waals surface area contributed by atoms with Crippen molar-refractivity contribution >= 4 is 21.5 Å². The van der Waals surface area contributed by atoms with Gasteiger partial charge >= 0.3 is 0 Å². The summed E-state index contributed by atoms with van der Waals surface area (Å²) in [5, 5.41) is 0. The highest BCUT2D eigenvalue weighted by Gasteiger charge is 2.63. The van der Waals surface area contributed by atoms with E-state index in [4.69, 9.17) is 4.74 Å². The number of aryl methyl sites for hydroxylation is 1. The highest BCUT2D eigenvalue weighted by atomic mass is 32.2. The molecule has 24 heavy (non-hydrogen) atoms. The number of ether oxygens (including phenoxy) is 1. The van der Waals surface area contributed by atoms with Crippen molar-refractivity contribution in [1.82, 2.24) is 0 Å². The van der Waals surface area contributed by atoms with Gasteiger partial charge in [-0.25, -0.2) is 8.42 Å². The van der Waals surface area contributed by atoms with Crippen LogP contribution >= 0.6 is 0 Å². The molecule has 1 aliphatic carbocycles. The summed E-state index contributed by atoms with van der Waals surface area (Å²) in [6.45, 7) is 1.90. The van der Waals surface area contributed by atoms with Crippen molar-refractivity contribution in [3.63, 3.8) is 0 Å². The molecule has 0 amide bonds. The van der Waals surface area contributed by atoms with Gasteiger partial charge in [-0.2, -0.15) is 0 Å². The lowest BCUT2D eigenvalue weighted by atomic mass is 10.1. The lowest BCUT2D eigenvalue weighted by molar-refractivity contribution is 0.0963. The molecule has 1 fully saturated rings. The van der Waals surface area contributed by atoms with E-state index in [1.807, 2.05) is 6.92 Å². The first kappa shape index (κ1) is 15.2. The normalized spacial score (nSPS) is 17.9. The highest BCUT2D eigenvalue weighted by Crippen LogP contribution is 2.55. The minimum atomic E-state index is -3.79. The maximum atomic E-state index is 13.2. The molecule has 6 heteroatoms. The number of sulfonamides is 1. The lowest BCUT2D eigenvalue weighted by Gasteiger charge is -2.25. The first-order valence-corrected chi connectivity index (χ1v) is 9.19. The van der Waals surface area contributed by atoms with Gasteiger partial charge in [0.2, 0.25) is 0 Å². The number of nitrogens with zero attached hydrogens (tertiary/aromatic N) is 1. The summed E-state index contributed by atoms with van der Waals surface area (Å²) in [5.74, 6) is 0.416. The first-order chi connectivity index (χ1) is 11.4. The quantitative estimate of drug-likeness (QED) is 0.859. The van der Waals surface area contributed by atoms with Crippen LogP contribution in [0.4, 0.5) is 5.69 Å². The lowest BCUT2D eigenvalue weighted by Crippen LogP contribution is -2.42. The van der Waals surface area contributed by atoms with Crippen molar-refractivity contribution in [3.8, 4) is 5.75 Å². The average Bonchev–Trinajstić information content (AvgIpc) is 3.31. The minimum Gasteiger partial charge on any atom is -0.497 e. The van der Waals surface area contributed by atoms with Crippen LogP contribution in [-0.2, 0) is 10.0 Å². The van der Waals surface area contributed by atoms with Crippen LogP contribution in [0.1, 0.15) is 28.8 Å². The molecule has 124 valence electrons. The van der Waals surface area contributed by atoms with Crippen LogP contribution in [-0.4, -0.2) is 26.8 Å². The largest absolute Gasteiger partial charge is 0.497 e. The molecule has 0 radical (unpaired) electrons. The molecule has 2 aliphatic rings. The van der Waals surface area contributed by atoms with E-state index >= 15 is 0 Å². The Kier molecular flexibility index (Phi) is 3.06. The molecule has 1 aliphatic heterocycles. The van der Waals surface area contributed by atoms with Gasteiger partial charge in [0.1, 0.15) is 11.3 Å². The fraction of sp³-hybridized carbons (Fsp3) is 0.278. The van der Waals surface area contributed by atoms with Gasteiger partial charge in [0.05, 0.1) is 17.7 Å². The van der Waals surface area contributed by atoms with Crippen molar-refractivity contribution in [3.05, 3.63) is 53.6 Å². The molecule has 1 heterocycles. The SMILES string of the molecule is COc1ccc2c(c1)C(=O)C1(CC1)N2S(=O)(=O)c1ccc(C)cc1. The Balaban J connectivity index is 1.89. The Labute approximate surface area is 140 Å². The van der Waals surface area contributed by atoms with E-state index in [0.29, 0.717) is 29.8 Å². The highest BCUT2D eigenvalue weighted by molar-refractivity contribution is 7.93. The van der Waals surface area contributed by atoms with Crippen molar-refractivity contribution in [1.29, 1.82) is 0 Å². The fourth-order valence-corrected chi connectivity index (χ4v) is 5.13. The number of hydrogen-bond donors (Lipinski definition) is 0. The smallest absolute Gasteiger partial charge is 0.265 e. The van der Waals surface area contributed by atoms with E-state index in [9.17, 15) is 13.2 Å². The summed E-state index contributed by atoms with van der Waals surface area (Å²) in [6.07, 6.45) is 1.10. The fourth-order valence-electron chi connectivity index (χ4n) is 3.30. The zero-order valence-electron chi connectivity index (χ0n) is 13.4. The number of methoxy groups -OCH3 is 1. The minimum absolute atomic E-state index is 0.132. The van der Waals surface area contributed by atoms with Crippen LogP contribution in [0.2, 0.25) is 0 Å². The van der Waals surface area contributed by atoms with Gasteiger partial charge in [-0.05, 0) is 50.1 Å². The number of ketones is 1. The van der Waals surface area contributed by atoms with Crippen LogP contribution in [0, 0.1) is 6.92 Å². The van der Waals surface area contributed by atoms with Gasteiger partial charge in [-0.3, -0.25) is 9.10 Å². The van der Waals surface area contributed by atoms with Crippen LogP contribution < -0.4 is 9.04 Å². The zero-order chi connectivity index (χ0) is 17.1. The second kappa shape index (κ2) is 4.83. The number of carbonyl (C=O) groups is 1. The molecule has 0 saturated heterocycles. The maximum absolute atomic E-state index is 13.2. The zero-order valence-corrected chi connectivity index (χ0v) is 14.3. The third kappa shape index (κ3) is 1.92. The third-order valence-corrected chi connectivity index (χ3v) is 6.66. The van der Waals surface area contributed by atoms with Crippen LogP contribution in [0.25, 0.3) is 0 Å². The Morgan fingerprint density at radius 1 is 1.08 bits per heavy atom. The number of anilines is 1. The first-order valence-electron chi connectivity index (χ1n) is 7.75. The van der Waals surface area contributed by atoms with E-state index in [-0.39, 0.29) is 10.7 Å². The molecule has 0 atom stereocenters. The van der Waals surface area contributed by atoms with Gasteiger partial charge in [0.25, 0.3) is 10.0 Å². The Bertz CT molecular complexity index is 943. The molecular weight excluding hydrogens is 326 g/mol. The number of benzene rings is 2. The van der Waals surface area contributed by atoms with Gasteiger partial charge in [0.15, 0.2) is 5.78 Å². The van der Waals surface area contributed by atoms with Crippen LogP contribution in [0.15, 0.2) is 47.4 Å². The summed E-state index contributed by atoms with van der Waals surface area (Å²) in [6, 6.07) is 11.7. The molecule has 1 spiro atoms. The summed E-state index contributed by atoms with van der Waals surface area (Å²) < 4.78 is 32.9. The van der Waals surface area contributed by atoms with Gasteiger partial charge < -0.3 is 4.74 Å². The molecular formula is C18H17NO4S. The Morgan fingerprint density at radius 2 is 1.75 bits per heavy atom. The van der Waals surface area contributed by atoms with Crippen LogP contribution in [0.5, 0.6) is 5.75 Å². The number of carbonyl (C=O) groups excluding carboxylic acids is 1. The maximum Gasteiger partial charge on any atom is 0.265 e. The second-order valence-corrected chi connectivity index (χ2v) is 8.11. The van der Waals surface area contributed by atoms with Crippen molar-refractivity contribution < 1.29 is 17.9 Å². The third-order valence-electron chi connectivity index (χ3n) is 4.76. The predicted octanol–water partition coefficient (Wildman–Crippen LogP) is 2.93. The van der Waals surface area contributed by atoms with Gasteiger partial charge in [-0.1, -0.05) is 17.7 Å². The summed E-state index contributed by atoms with van der Waals surface area (Å²) in [7, 11) is -2.27. The van der Waals surface area contributed by atoms with E-state index in [0.717, 1.165) is 5.56 Å². The second-order valence-electron chi connectivity index (χ2n) is 6.33. The topological polar surface area (TPSA) is 63.7 Å². The number of rotatable bonds is 3. The molecule has 1 saturated carbocycles. The van der Waals surface area contributed by atoms with E-state index < -0.39 is 15.6 Å². The van der Waals surface area contributed by atoms with E-state index in [2.05, 4.69) is 0 Å². The molecule has 0 unspecified atom stereocenters. The van der Waals surface area contributed by atoms with E-state index in [1.54, 1.807) is 42.5 Å². The molecule has 4 rings (SSSR count). The monoisotopic (exact) mass is 343 g/mol. The van der Waals surface area contributed by atoms with Crippen molar-refractivity contribution in [2.45, 2.75) is 30.2 Å². The molecule has 2 aromatic rings. The molecule has 2 aromatic carbocycles. The van der Waals surface area contributed by atoms with Gasteiger partial charge in [0, 0.05) is 5.56 Å². The molecule has 0 N–H and O–H groups in total. The Hall–Kier alpha value is -2.34. The van der Waals surface area contributed by atoms with Gasteiger partial charge in [-0.15, -0.1) is 0 Å². The number of fused-ring (bicyclic) bond motifs is 1. The van der Waals surface area contributed by atoms with Crippen LogP contribution in [0.3, 0.4) is 0 Å². The Morgan fingerprint density at radius 3 is 2.33 bits per heavy atom. The predicted molar refractivity (Wildman–Crippen MR) is 90.1 cm³/mol. The van der Waals surface area contributed by atoms with E-state index in [1.165, 1.54) is 11.4 Å².